The summed E-state index contributed by atoms with van der Waals surface area (Å²) in [7, 11) is 0. The lowest BCUT2D eigenvalue weighted by Gasteiger charge is -2.33. The number of nitrogen functional groups attached to an aromatic ring is 1. The molecular weight excluding hydrogens is 423 g/mol. The van der Waals surface area contributed by atoms with Gasteiger partial charge in [0, 0.05) is 24.3 Å². The highest BCUT2D eigenvalue weighted by Crippen LogP contribution is 2.30. The number of ether oxygens (including phenoxy) is 2. The largest absolute Gasteiger partial charge is 0.493 e. The van der Waals surface area contributed by atoms with Crippen LogP contribution in [0.3, 0.4) is 0 Å². The number of hydrazine groups is 1. The van der Waals surface area contributed by atoms with E-state index >= 15 is 0 Å². The lowest BCUT2D eigenvalue weighted by atomic mass is 10.0. The van der Waals surface area contributed by atoms with Crippen LogP contribution in [0.4, 0.5) is 9.18 Å². The van der Waals surface area contributed by atoms with Gasteiger partial charge in [0.1, 0.15) is 17.7 Å². The van der Waals surface area contributed by atoms with E-state index in [2.05, 4.69) is 10.8 Å². The smallest absolute Gasteiger partial charge is 0.327 e. The molecule has 4 N–H and O–H groups in total. The minimum Gasteiger partial charge on any atom is -0.493 e. The number of hydrogen-bond donors (Lipinski definition) is 3. The summed E-state index contributed by atoms with van der Waals surface area (Å²) in [5, 5.41) is 0. The van der Waals surface area contributed by atoms with Crippen LogP contribution < -0.4 is 20.7 Å². The summed E-state index contributed by atoms with van der Waals surface area (Å²) in [5.41, 5.74) is 4.66. The van der Waals surface area contributed by atoms with E-state index in [-0.39, 0.29) is 23.5 Å². The number of fused-ring (bicyclic) bond motifs is 1. The van der Waals surface area contributed by atoms with E-state index in [1.165, 1.54) is 12.1 Å². The zero-order chi connectivity index (χ0) is 21.8. The molecule has 0 saturated carbocycles. The van der Waals surface area contributed by atoms with Crippen LogP contribution in [0, 0.1) is 5.82 Å². The minimum absolute atomic E-state index is 0.135. The Morgan fingerprint density at radius 3 is 2.90 bits per heavy atom. The first kappa shape index (κ1) is 21.4. The van der Waals surface area contributed by atoms with Crippen molar-refractivity contribution in [3.8, 4) is 5.75 Å². The summed E-state index contributed by atoms with van der Waals surface area (Å²) >= 11 is 1.09. The summed E-state index contributed by atoms with van der Waals surface area (Å²) in [6.45, 7) is 2.05. The molecule has 2 aromatic carbocycles. The Morgan fingerprint density at radius 1 is 1.23 bits per heavy atom. The van der Waals surface area contributed by atoms with Crippen LogP contribution >= 0.6 is 11.9 Å². The molecule has 10 heteroatoms. The molecule has 1 fully saturated rings. The van der Waals surface area contributed by atoms with Gasteiger partial charge in [0.25, 0.3) is 5.91 Å². The average Bonchev–Trinajstić information content (AvgIpc) is 3.27. The number of amides is 3. The van der Waals surface area contributed by atoms with Crippen LogP contribution in [-0.4, -0.2) is 43.1 Å². The number of benzene rings is 2. The fraction of sp³-hybridized carbons (Fsp3) is 0.333. The maximum absolute atomic E-state index is 14.2. The molecule has 3 amide bonds. The molecule has 1 atom stereocenters. The molecule has 0 radical (unpaired) electrons. The highest BCUT2D eigenvalue weighted by molar-refractivity contribution is 7.97. The highest BCUT2D eigenvalue weighted by Gasteiger charge is 2.26. The van der Waals surface area contributed by atoms with Gasteiger partial charge < -0.3 is 14.4 Å². The van der Waals surface area contributed by atoms with Crippen LogP contribution in [0.2, 0.25) is 0 Å². The van der Waals surface area contributed by atoms with Gasteiger partial charge in [-0.3, -0.25) is 14.9 Å². The molecule has 164 valence electrons. The summed E-state index contributed by atoms with van der Waals surface area (Å²) < 4.78 is 28.3. The summed E-state index contributed by atoms with van der Waals surface area (Å²) in [6, 6.07) is 9.87. The van der Waals surface area contributed by atoms with Crippen molar-refractivity contribution < 1.29 is 23.5 Å². The molecule has 0 aromatic heterocycles. The number of carbonyl (C=O) groups is 2. The first-order valence-corrected chi connectivity index (χ1v) is 10.9. The molecule has 2 aliphatic heterocycles. The first-order valence-electron chi connectivity index (χ1n) is 9.88. The van der Waals surface area contributed by atoms with Crippen molar-refractivity contribution in [2.45, 2.75) is 18.3 Å². The van der Waals surface area contributed by atoms with E-state index < -0.39 is 11.7 Å². The molecule has 31 heavy (non-hydrogen) atoms. The molecule has 0 aliphatic carbocycles. The van der Waals surface area contributed by atoms with E-state index in [0.717, 1.165) is 41.3 Å². The Kier molecular flexibility index (Phi) is 6.59. The zero-order valence-electron chi connectivity index (χ0n) is 16.7. The number of halogens is 1. The summed E-state index contributed by atoms with van der Waals surface area (Å²) in [5.74, 6) is 5.09. The van der Waals surface area contributed by atoms with Gasteiger partial charge in [0.05, 0.1) is 19.8 Å². The van der Waals surface area contributed by atoms with Crippen molar-refractivity contribution in [3.63, 3.8) is 0 Å². The number of carbonyl (C=O) groups excluding carboxylic acids is 2. The maximum atomic E-state index is 14.2. The van der Waals surface area contributed by atoms with Crippen molar-refractivity contribution in [2.75, 3.05) is 26.3 Å². The third-order valence-electron chi connectivity index (χ3n) is 5.27. The van der Waals surface area contributed by atoms with E-state index in [0.29, 0.717) is 31.9 Å². The third-order valence-corrected chi connectivity index (χ3v) is 6.05. The molecule has 2 aliphatic rings. The van der Waals surface area contributed by atoms with Crippen LogP contribution in [0.1, 0.15) is 33.2 Å². The fourth-order valence-corrected chi connectivity index (χ4v) is 4.29. The second-order valence-corrected chi connectivity index (χ2v) is 8.03. The molecule has 1 unspecified atom stereocenters. The molecule has 0 bridgehead atoms. The van der Waals surface area contributed by atoms with Gasteiger partial charge in [0.15, 0.2) is 0 Å². The van der Waals surface area contributed by atoms with Crippen LogP contribution in [0.15, 0.2) is 36.4 Å². The van der Waals surface area contributed by atoms with Crippen LogP contribution in [0.5, 0.6) is 5.75 Å². The molecule has 1 saturated heterocycles. The van der Waals surface area contributed by atoms with Crippen molar-refractivity contribution >= 4 is 23.9 Å². The first-order chi connectivity index (χ1) is 15.0. The number of nitrogens with one attached hydrogen (secondary N) is 2. The summed E-state index contributed by atoms with van der Waals surface area (Å²) in [4.78, 5) is 25.7. The Labute approximate surface area is 183 Å². The topological polar surface area (TPSA) is 106 Å². The maximum Gasteiger partial charge on any atom is 0.327 e. The van der Waals surface area contributed by atoms with Crippen LogP contribution in [-0.2, 0) is 16.9 Å². The van der Waals surface area contributed by atoms with Gasteiger partial charge in [-0.2, -0.15) is 0 Å². The molecule has 8 nitrogen and oxygen atoms in total. The van der Waals surface area contributed by atoms with Crippen LogP contribution in [0.25, 0.3) is 0 Å². The molecule has 0 spiro atoms. The monoisotopic (exact) mass is 446 g/mol. The number of hydrogen-bond acceptors (Lipinski definition) is 6. The Balaban J connectivity index is 1.30. The fourth-order valence-electron chi connectivity index (χ4n) is 3.57. The predicted molar refractivity (Wildman–Crippen MR) is 114 cm³/mol. The molecule has 2 heterocycles. The molecule has 2 aromatic rings. The second-order valence-electron chi connectivity index (χ2n) is 7.25. The third kappa shape index (κ3) is 4.92. The lowest BCUT2D eigenvalue weighted by Crippen LogP contribution is -2.45. The van der Waals surface area contributed by atoms with Gasteiger partial charge in [0.2, 0.25) is 0 Å². The van der Waals surface area contributed by atoms with E-state index in [9.17, 15) is 14.0 Å². The SMILES string of the molecule is NNC(=O)c1ccc(CSNC(=O)N2CCOC(c3ccc4c(c3)CCO4)C2)c(F)c1. The van der Waals surface area contributed by atoms with Gasteiger partial charge in [-0.15, -0.1) is 0 Å². The predicted octanol–water partition coefficient (Wildman–Crippen LogP) is 2.30. The number of urea groups is 1. The van der Waals surface area contributed by atoms with Crippen molar-refractivity contribution in [2.24, 2.45) is 5.84 Å². The highest BCUT2D eigenvalue weighted by atomic mass is 32.2. The van der Waals surface area contributed by atoms with Gasteiger partial charge in [-0.1, -0.05) is 12.1 Å². The zero-order valence-corrected chi connectivity index (χ0v) is 17.5. The molecular formula is C21H23FN4O4S. The van der Waals surface area contributed by atoms with Crippen molar-refractivity contribution in [1.82, 2.24) is 15.0 Å². The van der Waals surface area contributed by atoms with Gasteiger partial charge >= 0.3 is 6.03 Å². The van der Waals surface area contributed by atoms with Gasteiger partial charge in [-0.05, 0) is 52.9 Å². The Hall–Kier alpha value is -2.82. The van der Waals surface area contributed by atoms with Gasteiger partial charge in [-0.25, -0.2) is 15.0 Å². The number of nitrogens with two attached hydrogens (primary N) is 1. The minimum atomic E-state index is -0.566. The summed E-state index contributed by atoms with van der Waals surface area (Å²) in [6.07, 6.45) is 0.680. The number of morpholine rings is 1. The molecule has 4 rings (SSSR count). The normalized spacial score (nSPS) is 17.6. The Bertz CT molecular complexity index is 990. The van der Waals surface area contributed by atoms with Crippen molar-refractivity contribution in [1.29, 1.82) is 0 Å². The lowest BCUT2D eigenvalue weighted by molar-refractivity contribution is -0.0146. The quantitative estimate of drug-likeness (QED) is 0.282. The average molecular weight is 447 g/mol. The number of rotatable bonds is 5. The van der Waals surface area contributed by atoms with E-state index in [4.69, 9.17) is 15.3 Å². The van der Waals surface area contributed by atoms with E-state index in [1.54, 1.807) is 4.90 Å². The number of nitrogens with zero attached hydrogens (tertiary/aromatic N) is 1. The Morgan fingerprint density at radius 2 is 2.10 bits per heavy atom. The van der Waals surface area contributed by atoms with Crippen molar-refractivity contribution in [3.05, 3.63) is 64.5 Å². The standard InChI is InChI=1S/C21H23FN4O4S/c22-17-10-15(20(27)24-23)1-2-16(17)12-31-25-21(28)26-6-8-30-19(11-26)13-3-4-18-14(9-13)5-7-29-18/h1-4,9-10,19H,5-8,11-12,23H2,(H,24,27)(H,25,28). The van der Waals surface area contributed by atoms with E-state index in [1.807, 2.05) is 17.6 Å². The second kappa shape index (κ2) is 9.54.